The van der Waals surface area contributed by atoms with Gasteiger partial charge in [0.05, 0.1) is 6.10 Å². The Morgan fingerprint density at radius 1 is 1.38 bits per heavy atom. The molecule has 0 saturated heterocycles. The van der Waals surface area contributed by atoms with Gasteiger partial charge in [0, 0.05) is 4.47 Å². The van der Waals surface area contributed by atoms with Crippen LogP contribution < -0.4 is 4.74 Å². The van der Waals surface area contributed by atoms with Crippen LogP contribution in [0.4, 0.5) is 0 Å². The van der Waals surface area contributed by atoms with E-state index < -0.39 is 0 Å². The van der Waals surface area contributed by atoms with Crippen molar-refractivity contribution in [1.29, 1.82) is 0 Å². The molecule has 1 aliphatic rings. The first-order valence-corrected chi connectivity index (χ1v) is 5.15. The zero-order chi connectivity index (χ0) is 9.26. The SMILES string of the molecule is O[C@@H]1CC[C@H]1Oc1cccc(Br)c1. The number of ether oxygens (including phenoxy) is 1. The third kappa shape index (κ3) is 2.03. The molecule has 1 aromatic rings. The first-order valence-electron chi connectivity index (χ1n) is 4.36. The van der Waals surface area contributed by atoms with E-state index in [-0.39, 0.29) is 12.2 Å². The second-order valence-corrected chi connectivity index (χ2v) is 4.17. The van der Waals surface area contributed by atoms with Crippen LogP contribution >= 0.6 is 15.9 Å². The minimum absolute atomic E-state index is 0.00528. The van der Waals surface area contributed by atoms with Crippen molar-refractivity contribution < 1.29 is 9.84 Å². The maximum absolute atomic E-state index is 9.30. The lowest BCUT2D eigenvalue weighted by atomic mass is 9.92. The van der Waals surface area contributed by atoms with Gasteiger partial charge in [0.2, 0.25) is 0 Å². The van der Waals surface area contributed by atoms with Crippen molar-refractivity contribution in [2.75, 3.05) is 0 Å². The molecule has 70 valence electrons. The number of hydrogen-bond donors (Lipinski definition) is 1. The van der Waals surface area contributed by atoms with Crippen LogP contribution in [0, 0.1) is 0 Å². The Bertz CT molecular complexity index is 301. The summed E-state index contributed by atoms with van der Waals surface area (Å²) in [5, 5.41) is 9.30. The predicted octanol–water partition coefficient (Wildman–Crippen LogP) is 2.35. The van der Waals surface area contributed by atoms with Crippen LogP contribution in [0.15, 0.2) is 28.7 Å². The molecule has 1 fully saturated rings. The van der Waals surface area contributed by atoms with E-state index in [0.717, 1.165) is 23.1 Å². The summed E-state index contributed by atoms with van der Waals surface area (Å²) in [5.74, 6) is 0.818. The van der Waals surface area contributed by atoms with E-state index in [1.54, 1.807) is 0 Å². The van der Waals surface area contributed by atoms with Crippen LogP contribution in [0.5, 0.6) is 5.75 Å². The Morgan fingerprint density at radius 3 is 2.77 bits per heavy atom. The van der Waals surface area contributed by atoms with Crippen molar-refractivity contribution in [3.05, 3.63) is 28.7 Å². The molecule has 2 rings (SSSR count). The lowest BCUT2D eigenvalue weighted by Gasteiger charge is -2.32. The fourth-order valence-corrected chi connectivity index (χ4v) is 1.68. The standard InChI is InChI=1S/C10H11BrO2/c11-7-2-1-3-8(6-7)13-10-5-4-9(10)12/h1-3,6,9-10,12H,4-5H2/t9-,10-/m1/s1. The Kier molecular flexibility index (Phi) is 2.56. The quantitative estimate of drug-likeness (QED) is 0.863. The smallest absolute Gasteiger partial charge is 0.125 e. The number of aliphatic hydroxyl groups excluding tert-OH is 1. The van der Waals surface area contributed by atoms with Gasteiger partial charge in [-0.1, -0.05) is 22.0 Å². The van der Waals surface area contributed by atoms with Gasteiger partial charge in [-0.2, -0.15) is 0 Å². The maximum Gasteiger partial charge on any atom is 0.125 e. The van der Waals surface area contributed by atoms with Crippen LogP contribution in [-0.4, -0.2) is 17.3 Å². The molecule has 2 nitrogen and oxygen atoms in total. The highest BCUT2D eigenvalue weighted by molar-refractivity contribution is 9.10. The molecule has 0 heterocycles. The highest BCUT2D eigenvalue weighted by Gasteiger charge is 2.30. The molecule has 13 heavy (non-hydrogen) atoms. The summed E-state index contributed by atoms with van der Waals surface area (Å²) in [6, 6.07) is 7.68. The Labute approximate surface area is 85.7 Å². The highest BCUT2D eigenvalue weighted by Crippen LogP contribution is 2.27. The molecule has 1 aromatic carbocycles. The van der Waals surface area contributed by atoms with Gasteiger partial charge in [0.15, 0.2) is 0 Å². The number of hydrogen-bond acceptors (Lipinski definition) is 2. The van der Waals surface area contributed by atoms with E-state index in [1.165, 1.54) is 0 Å². The molecule has 1 N–H and O–H groups in total. The van der Waals surface area contributed by atoms with Gasteiger partial charge < -0.3 is 9.84 Å². The first kappa shape index (κ1) is 9.03. The van der Waals surface area contributed by atoms with Crippen molar-refractivity contribution >= 4 is 15.9 Å². The molecule has 3 heteroatoms. The van der Waals surface area contributed by atoms with Crippen molar-refractivity contribution in [3.8, 4) is 5.75 Å². The zero-order valence-corrected chi connectivity index (χ0v) is 8.70. The van der Waals surface area contributed by atoms with Crippen molar-refractivity contribution in [2.24, 2.45) is 0 Å². The summed E-state index contributed by atoms with van der Waals surface area (Å²) < 4.78 is 6.56. The minimum Gasteiger partial charge on any atom is -0.488 e. The molecule has 0 amide bonds. The van der Waals surface area contributed by atoms with Gasteiger partial charge in [0.25, 0.3) is 0 Å². The predicted molar refractivity (Wildman–Crippen MR) is 53.8 cm³/mol. The number of halogens is 1. The summed E-state index contributed by atoms with van der Waals surface area (Å²) in [7, 11) is 0. The molecule has 2 atom stereocenters. The van der Waals surface area contributed by atoms with Crippen LogP contribution in [-0.2, 0) is 0 Å². The molecule has 0 radical (unpaired) electrons. The van der Waals surface area contributed by atoms with Gasteiger partial charge >= 0.3 is 0 Å². The van der Waals surface area contributed by atoms with E-state index in [9.17, 15) is 5.11 Å². The average molecular weight is 243 g/mol. The van der Waals surface area contributed by atoms with Gasteiger partial charge in [-0.15, -0.1) is 0 Å². The number of benzene rings is 1. The summed E-state index contributed by atoms with van der Waals surface area (Å²) in [6.45, 7) is 0. The molecular weight excluding hydrogens is 232 g/mol. The molecule has 1 saturated carbocycles. The summed E-state index contributed by atoms with van der Waals surface area (Å²) in [4.78, 5) is 0. The van der Waals surface area contributed by atoms with E-state index in [0.29, 0.717) is 0 Å². The van der Waals surface area contributed by atoms with Crippen molar-refractivity contribution in [3.63, 3.8) is 0 Å². The lowest BCUT2D eigenvalue weighted by Crippen LogP contribution is -2.41. The maximum atomic E-state index is 9.30. The fourth-order valence-electron chi connectivity index (χ4n) is 1.30. The Morgan fingerprint density at radius 2 is 2.23 bits per heavy atom. The zero-order valence-electron chi connectivity index (χ0n) is 7.11. The lowest BCUT2D eigenvalue weighted by molar-refractivity contribution is -0.0361. The molecule has 0 bridgehead atoms. The monoisotopic (exact) mass is 242 g/mol. The van der Waals surface area contributed by atoms with Crippen LogP contribution in [0.25, 0.3) is 0 Å². The van der Waals surface area contributed by atoms with E-state index in [2.05, 4.69) is 15.9 Å². The van der Waals surface area contributed by atoms with Gasteiger partial charge in [0.1, 0.15) is 11.9 Å². The Hall–Kier alpha value is -0.540. The number of aliphatic hydroxyl groups is 1. The van der Waals surface area contributed by atoms with Gasteiger partial charge in [-0.3, -0.25) is 0 Å². The van der Waals surface area contributed by atoms with E-state index >= 15 is 0 Å². The summed E-state index contributed by atoms with van der Waals surface area (Å²) in [5.41, 5.74) is 0. The number of rotatable bonds is 2. The molecule has 0 spiro atoms. The normalized spacial score (nSPS) is 26.6. The van der Waals surface area contributed by atoms with E-state index in [4.69, 9.17) is 4.74 Å². The Balaban J connectivity index is 2.01. The molecule has 0 aromatic heterocycles. The third-order valence-corrected chi connectivity index (χ3v) is 2.75. The first-order chi connectivity index (χ1) is 6.25. The van der Waals surface area contributed by atoms with Crippen molar-refractivity contribution in [2.45, 2.75) is 25.0 Å². The topological polar surface area (TPSA) is 29.5 Å². The second kappa shape index (κ2) is 3.68. The van der Waals surface area contributed by atoms with Crippen LogP contribution in [0.1, 0.15) is 12.8 Å². The third-order valence-electron chi connectivity index (χ3n) is 2.26. The molecule has 0 aliphatic heterocycles. The van der Waals surface area contributed by atoms with Gasteiger partial charge in [-0.05, 0) is 31.0 Å². The van der Waals surface area contributed by atoms with Crippen molar-refractivity contribution in [1.82, 2.24) is 0 Å². The largest absolute Gasteiger partial charge is 0.488 e. The summed E-state index contributed by atoms with van der Waals surface area (Å²) in [6.07, 6.45) is 1.53. The molecular formula is C10H11BrO2. The minimum atomic E-state index is -0.279. The van der Waals surface area contributed by atoms with Crippen LogP contribution in [0.2, 0.25) is 0 Å². The highest BCUT2D eigenvalue weighted by atomic mass is 79.9. The average Bonchev–Trinajstić information content (AvgIpc) is 2.12. The second-order valence-electron chi connectivity index (χ2n) is 3.26. The van der Waals surface area contributed by atoms with Crippen LogP contribution in [0.3, 0.4) is 0 Å². The summed E-state index contributed by atoms with van der Waals surface area (Å²) >= 11 is 3.36. The van der Waals surface area contributed by atoms with Gasteiger partial charge in [-0.25, -0.2) is 0 Å². The fraction of sp³-hybridized carbons (Fsp3) is 0.400. The van der Waals surface area contributed by atoms with E-state index in [1.807, 2.05) is 24.3 Å². The molecule has 1 aliphatic carbocycles. The molecule has 0 unspecified atom stereocenters.